The van der Waals surface area contributed by atoms with Crippen molar-refractivity contribution in [2.45, 2.75) is 37.3 Å². The van der Waals surface area contributed by atoms with Crippen LogP contribution in [0.15, 0.2) is 41.8 Å². The van der Waals surface area contributed by atoms with Crippen LogP contribution in [-0.4, -0.2) is 12.5 Å². The second-order valence-electron chi connectivity index (χ2n) is 6.22. The molecule has 0 unspecified atom stereocenters. The SMILES string of the molecule is O=C(NCC1(c2cccs2)CCCC1)c1ccc(C(F)(F)F)cc1. The summed E-state index contributed by atoms with van der Waals surface area (Å²) in [4.78, 5) is 13.6. The van der Waals surface area contributed by atoms with E-state index in [2.05, 4.69) is 11.4 Å². The van der Waals surface area contributed by atoms with Gasteiger partial charge in [-0.3, -0.25) is 4.79 Å². The molecule has 1 heterocycles. The minimum atomic E-state index is -4.39. The fraction of sp³-hybridized carbons (Fsp3) is 0.389. The third kappa shape index (κ3) is 3.48. The van der Waals surface area contributed by atoms with Crippen LogP contribution in [0, 0.1) is 0 Å². The van der Waals surface area contributed by atoms with Crippen LogP contribution < -0.4 is 5.32 Å². The molecule has 1 aromatic heterocycles. The zero-order chi connectivity index (χ0) is 17.2. The summed E-state index contributed by atoms with van der Waals surface area (Å²) < 4.78 is 37.7. The molecule has 1 amide bonds. The van der Waals surface area contributed by atoms with Gasteiger partial charge in [-0.25, -0.2) is 0 Å². The first-order valence-electron chi connectivity index (χ1n) is 7.90. The molecule has 0 saturated heterocycles. The fourth-order valence-corrected chi connectivity index (χ4v) is 4.29. The van der Waals surface area contributed by atoms with E-state index in [-0.39, 0.29) is 16.9 Å². The van der Waals surface area contributed by atoms with Crippen LogP contribution in [-0.2, 0) is 11.6 Å². The minimum Gasteiger partial charge on any atom is -0.351 e. The molecule has 1 fully saturated rings. The van der Waals surface area contributed by atoms with Gasteiger partial charge in [0.15, 0.2) is 0 Å². The molecular formula is C18H18F3NOS. The molecule has 24 heavy (non-hydrogen) atoms. The van der Waals surface area contributed by atoms with Crippen molar-refractivity contribution in [2.24, 2.45) is 0 Å². The van der Waals surface area contributed by atoms with Crippen LogP contribution >= 0.6 is 11.3 Å². The molecule has 128 valence electrons. The highest BCUT2D eigenvalue weighted by molar-refractivity contribution is 7.10. The second-order valence-corrected chi connectivity index (χ2v) is 7.17. The predicted octanol–water partition coefficient (Wildman–Crippen LogP) is 5.01. The first-order valence-corrected chi connectivity index (χ1v) is 8.78. The van der Waals surface area contributed by atoms with E-state index < -0.39 is 11.7 Å². The van der Waals surface area contributed by atoms with E-state index in [1.807, 2.05) is 11.4 Å². The van der Waals surface area contributed by atoms with E-state index >= 15 is 0 Å². The molecule has 1 N–H and O–H groups in total. The van der Waals surface area contributed by atoms with Gasteiger partial charge in [-0.1, -0.05) is 18.9 Å². The highest BCUT2D eigenvalue weighted by Gasteiger charge is 2.37. The molecule has 1 aliphatic rings. The van der Waals surface area contributed by atoms with Crippen LogP contribution in [0.5, 0.6) is 0 Å². The average molecular weight is 353 g/mol. The summed E-state index contributed by atoms with van der Waals surface area (Å²) in [6.45, 7) is 0.521. The molecule has 1 aliphatic carbocycles. The zero-order valence-electron chi connectivity index (χ0n) is 13.0. The van der Waals surface area contributed by atoms with Crippen LogP contribution in [0.4, 0.5) is 13.2 Å². The van der Waals surface area contributed by atoms with Gasteiger partial charge in [-0.2, -0.15) is 13.2 Å². The lowest BCUT2D eigenvalue weighted by atomic mass is 9.84. The van der Waals surface area contributed by atoms with Crippen LogP contribution in [0.1, 0.15) is 46.5 Å². The van der Waals surface area contributed by atoms with Gasteiger partial charge in [-0.15, -0.1) is 11.3 Å². The fourth-order valence-electron chi connectivity index (χ4n) is 3.30. The van der Waals surface area contributed by atoms with Gasteiger partial charge in [0.1, 0.15) is 0 Å². The Balaban J connectivity index is 1.68. The van der Waals surface area contributed by atoms with E-state index in [1.165, 1.54) is 17.0 Å². The molecule has 0 aliphatic heterocycles. The molecule has 0 bridgehead atoms. The van der Waals surface area contributed by atoms with Crippen molar-refractivity contribution in [2.75, 3.05) is 6.54 Å². The Morgan fingerprint density at radius 2 is 1.79 bits per heavy atom. The Morgan fingerprint density at radius 1 is 1.12 bits per heavy atom. The first kappa shape index (κ1) is 17.0. The normalized spacial score (nSPS) is 17.0. The Kier molecular flexibility index (Phi) is 4.67. The minimum absolute atomic E-state index is 0.0320. The van der Waals surface area contributed by atoms with Gasteiger partial charge in [0.25, 0.3) is 5.91 Å². The highest BCUT2D eigenvalue weighted by atomic mass is 32.1. The van der Waals surface area contributed by atoms with Gasteiger partial charge < -0.3 is 5.32 Å². The van der Waals surface area contributed by atoms with Gasteiger partial charge in [0.05, 0.1) is 5.56 Å². The molecule has 2 nitrogen and oxygen atoms in total. The molecule has 3 rings (SSSR count). The predicted molar refractivity (Wildman–Crippen MR) is 88.2 cm³/mol. The van der Waals surface area contributed by atoms with E-state index in [9.17, 15) is 18.0 Å². The maximum absolute atomic E-state index is 12.6. The van der Waals surface area contributed by atoms with Crippen molar-refractivity contribution < 1.29 is 18.0 Å². The van der Waals surface area contributed by atoms with Gasteiger partial charge >= 0.3 is 6.18 Å². The van der Waals surface area contributed by atoms with Crippen molar-refractivity contribution >= 4 is 17.2 Å². The van der Waals surface area contributed by atoms with Crippen LogP contribution in [0.3, 0.4) is 0 Å². The standard InChI is InChI=1S/C18H18F3NOS/c19-18(20,21)14-7-5-13(6-8-14)16(23)22-12-17(9-1-2-10-17)15-4-3-11-24-15/h3-8,11H,1-2,9-10,12H2,(H,22,23). The van der Waals surface area contributed by atoms with Crippen molar-refractivity contribution in [1.82, 2.24) is 5.32 Å². The third-order valence-corrected chi connectivity index (χ3v) is 5.78. The topological polar surface area (TPSA) is 29.1 Å². The molecule has 0 atom stereocenters. The second kappa shape index (κ2) is 6.59. The van der Waals surface area contributed by atoms with Crippen molar-refractivity contribution in [1.29, 1.82) is 0 Å². The summed E-state index contributed by atoms with van der Waals surface area (Å²) in [5, 5.41) is 4.95. The first-order chi connectivity index (χ1) is 11.4. The Morgan fingerprint density at radius 3 is 2.33 bits per heavy atom. The Labute approximate surface area is 142 Å². The average Bonchev–Trinajstić information content (AvgIpc) is 3.24. The number of benzene rings is 1. The molecule has 0 spiro atoms. The van der Waals surface area contributed by atoms with E-state index in [0.717, 1.165) is 37.8 Å². The monoisotopic (exact) mass is 353 g/mol. The molecule has 1 saturated carbocycles. The maximum Gasteiger partial charge on any atom is 0.416 e. The Hall–Kier alpha value is -1.82. The number of halogens is 3. The number of rotatable bonds is 4. The number of carbonyl (C=O) groups excluding carboxylic acids is 1. The van der Waals surface area contributed by atoms with E-state index in [0.29, 0.717) is 6.54 Å². The van der Waals surface area contributed by atoms with Crippen molar-refractivity contribution in [3.63, 3.8) is 0 Å². The number of amides is 1. The number of alkyl halides is 3. The molecule has 0 radical (unpaired) electrons. The van der Waals surface area contributed by atoms with E-state index in [4.69, 9.17) is 0 Å². The number of carbonyl (C=O) groups is 1. The summed E-state index contributed by atoms with van der Waals surface area (Å²) >= 11 is 1.69. The van der Waals surface area contributed by atoms with Gasteiger partial charge in [0.2, 0.25) is 0 Å². The lowest BCUT2D eigenvalue weighted by Gasteiger charge is -2.28. The molecule has 1 aromatic carbocycles. The smallest absolute Gasteiger partial charge is 0.351 e. The maximum atomic E-state index is 12.6. The highest BCUT2D eigenvalue weighted by Crippen LogP contribution is 2.42. The molecular weight excluding hydrogens is 335 g/mol. The third-order valence-electron chi connectivity index (χ3n) is 4.67. The van der Waals surface area contributed by atoms with Crippen molar-refractivity contribution in [3.05, 3.63) is 57.8 Å². The number of hydrogen-bond donors (Lipinski definition) is 1. The summed E-state index contributed by atoms with van der Waals surface area (Å²) in [5.74, 6) is -0.327. The number of thiophene rings is 1. The lowest BCUT2D eigenvalue weighted by molar-refractivity contribution is -0.137. The van der Waals surface area contributed by atoms with E-state index in [1.54, 1.807) is 11.3 Å². The number of hydrogen-bond acceptors (Lipinski definition) is 2. The van der Waals surface area contributed by atoms with Crippen LogP contribution in [0.2, 0.25) is 0 Å². The summed E-state index contributed by atoms with van der Waals surface area (Å²) in [5.41, 5.74) is -0.525. The van der Waals surface area contributed by atoms with Gasteiger partial charge in [0, 0.05) is 22.4 Å². The summed E-state index contributed by atoms with van der Waals surface area (Å²) in [7, 11) is 0. The summed E-state index contributed by atoms with van der Waals surface area (Å²) in [6.07, 6.45) is -0.0637. The number of nitrogens with one attached hydrogen (secondary N) is 1. The molecule has 2 aromatic rings. The Bertz CT molecular complexity index is 686. The largest absolute Gasteiger partial charge is 0.416 e. The summed E-state index contributed by atoms with van der Waals surface area (Å²) in [6, 6.07) is 8.45. The lowest BCUT2D eigenvalue weighted by Crippen LogP contribution is -2.38. The quantitative estimate of drug-likeness (QED) is 0.823. The zero-order valence-corrected chi connectivity index (χ0v) is 13.8. The molecule has 6 heteroatoms. The van der Waals surface area contributed by atoms with Crippen LogP contribution in [0.25, 0.3) is 0 Å². The van der Waals surface area contributed by atoms with Crippen molar-refractivity contribution in [3.8, 4) is 0 Å². The van der Waals surface area contributed by atoms with Gasteiger partial charge in [-0.05, 0) is 48.6 Å².